The number of aliphatic carboxylic acids is 1. The zero-order valence-electron chi connectivity index (χ0n) is 11.6. The molecule has 0 aliphatic heterocycles. The first kappa shape index (κ1) is 15.0. The summed E-state index contributed by atoms with van der Waals surface area (Å²) in [5, 5.41) is 11.6. The third kappa shape index (κ3) is 4.62. The van der Waals surface area contributed by atoms with Crippen LogP contribution in [0.15, 0.2) is 22.6 Å². The highest BCUT2D eigenvalue weighted by molar-refractivity contribution is 5.94. The van der Waals surface area contributed by atoms with Crippen LogP contribution in [0.3, 0.4) is 0 Å². The molecular weight excluding hydrogens is 246 g/mol. The number of carbonyl (C=O) groups is 2. The molecule has 5 nitrogen and oxygen atoms in total. The highest BCUT2D eigenvalue weighted by atomic mass is 16.4. The number of aryl methyl sites for hydroxylation is 1. The maximum absolute atomic E-state index is 11.7. The molecule has 104 valence electrons. The van der Waals surface area contributed by atoms with Gasteiger partial charge >= 0.3 is 5.97 Å². The zero-order valence-corrected chi connectivity index (χ0v) is 11.6. The Kier molecular flexibility index (Phi) is 4.53. The topological polar surface area (TPSA) is 79.5 Å². The van der Waals surface area contributed by atoms with E-state index in [0.717, 1.165) is 5.76 Å². The summed E-state index contributed by atoms with van der Waals surface area (Å²) < 4.78 is 5.27. The Bertz CT molecular complexity index is 494. The number of carboxylic acid groups (broad SMARTS) is 1. The summed E-state index contributed by atoms with van der Waals surface area (Å²) in [4.78, 5) is 22.8. The molecule has 1 rings (SSSR count). The van der Waals surface area contributed by atoms with E-state index < -0.39 is 23.3 Å². The second-order valence-corrected chi connectivity index (χ2v) is 5.43. The molecule has 0 saturated heterocycles. The molecule has 1 aromatic rings. The number of carbonyl (C=O) groups excluding carboxylic acids is 1. The van der Waals surface area contributed by atoms with Gasteiger partial charge in [-0.15, -0.1) is 0 Å². The van der Waals surface area contributed by atoms with Crippen molar-refractivity contribution in [1.82, 2.24) is 5.32 Å². The first-order chi connectivity index (χ1) is 8.70. The van der Waals surface area contributed by atoms with E-state index in [1.165, 1.54) is 12.2 Å². The van der Waals surface area contributed by atoms with Crippen LogP contribution in [0.4, 0.5) is 0 Å². The molecule has 1 amide bonds. The molecule has 0 bridgehead atoms. The van der Waals surface area contributed by atoms with Gasteiger partial charge in [0.1, 0.15) is 17.6 Å². The second-order valence-electron chi connectivity index (χ2n) is 5.43. The van der Waals surface area contributed by atoms with Crippen molar-refractivity contribution in [3.63, 3.8) is 0 Å². The van der Waals surface area contributed by atoms with Gasteiger partial charge in [0, 0.05) is 6.08 Å². The van der Waals surface area contributed by atoms with Crippen molar-refractivity contribution in [2.24, 2.45) is 5.41 Å². The Balaban J connectivity index is 2.68. The number of hydrogen-bond acceptors (Lipinski definition) is 3. The fraction of sp³-hybridized carbons (Fsp3) is 0.429. The predicted molar refractivity (Wildman–Crippen MR) is 71.5 cm³/mol. The lowest BCUT2D eigenvalue weighted by Crippen LogP contribution is -2.48. The molecule has 1 heterocycles. The molecule has 5 heteroatoms. The van der Waals surface area contributed by atoms with Crippen LogP contribution in [0.2, 0.25) is 0 Å². The van der Waals surface area contributed by atoms with Crippen molar-refractivity contribution >= 4 is 18.0 Å². The third-order valence-electron chi connectivity index (χ3n) is 2.56. The predicted octanol–water partition coefficient (Wildman–Crippen LogP) is 2.22. The molecule has 0 radical (unpaired) electrons. The Hall–Kier alpha value is -2.04. The van der Waals surface area contributed by atoms with Crippen LogP contribution in [0.25, 0.3) is 6.08 Å². The lowest BCUT2D eigenvalue weighted by molar-refractivity contribution is -0.144. The molecule has 0 aromatic carbocycles. The smallest absolute Gasteiger partial charge is 0.326 e. The van der Waals surface area contributed by atoms with Crippen LogP contribution in [-0.4, -0.2) is 23.0 Å². The minimum absolute atomic E-state index is 0.462. The van der Waals surface area contributed by atoms with Gasteiger partial charge < -0.3 is 14.8 Å². The summed E-state index contributed by atoms with van der Waals surface area (Å²) in [5.41, 5.74) is -0.559. The number of nitrogens with one attached hydrogen (secondary N) is 1. The molecule has 19 heavy (non-hydrogen) atoms. The van der Waals surface area contributed by atoms with Gasteiger partial charge in [-0.05, 0) is 30.5 Å². The summed E-state index contributed by atoms with van der Waals surface area (Å²) in [7, 11) is 0. The van der Waals surface area contributed by atoms with Crippen LogP contribution in [-0.2, 0) is 9.59 Å². The zero-order chi connectivity index (χ0) is 14.6. The van der Waals surface area contributed by atoms with E-state index in [-0.39, 0.29) is 0 Å². The first-order valence-corrected chi connectivity index (χ1v) is 5.98. The van der Waals surface area contributed by atoms with E-state index in [1.807, 2.05) is 0 Å². The summed E-state index contributed by atoms with van der Waals surface area (Å²) >= 11 is 0. The Morgan fingerprint density at radius 3 is 2.42 bits per heavy atom. The van der Waals surface area contributed by atoms with E-state index in [1.54, 1.807) is 39.8 Å². The summed E-state index contributed by atoms with van der Waals surface area (Å²) in [6.07, 6.45) is 2.77. The maximum atomic E-state index is 11.7. The van der Waals surface area contributed by atoms with Gasteiger partial charge in [-0.25, -0.2) is 4.79 Å². The summed E-state index contributed by atoms with van der Waals surface area (Å²) in [6.45, 7) is 7.07. The lowest BCUT2D eigenvalue weighted by Gasteiger charge is -2.27. The third-order valence-corrected chi connectivity index (χ3v) is 2.56. The van der Waals surface area contributed by atoms with Crippen molar-refractivity contribution in [3.05, 3.63) is 29.7 Å². The SMILES string of the molecule is Cc1ccc(/C=C/C(=O)N[C@H](C(=O)O)C(C)(C)C)o1. The number of rotatable bonds is 4. The molecule has 0 fully saturated rings. The highest BCUT2D eigenvalue weighted by Gasteiger charge is 2.31. The van der Waals surface area contributed by atoms with Crippen molar-refractivity contribution in [3.8, 4) is 0 Å². The molecule has 1 atom stereocenters. The second kappa shape index (κ2) is 5.73. The first-order valence-electron chi connectivity index (χ1n) is 5.98. The largest absolute Gasteiger partial charge is 0.480 e. The van der Waals surface area contributed by atoms with Gasteiger partial charge in [0.05, 0.1) is 0 Å². The Labute approximate surface area is 112 Å². The number of hydrogen-bond donors (Lipinski definition) is 2. The fourth-order valence-corrected chi connectivity index (χ4v) is 1.54. The van der Waals surface area contributed by atoms with E-state index >= 15 is 0 Å². The number of furan rings is 1. The van der Waals surface area contributed by atoms with Gasteiger partial charge in [0.25, 0.3) is 0 Å². The standard InChI is InChI=1S/C14H19NO4/c1-9-5-6-10(19-9)7-8-11(16)15-12(13(17)18)14(2,3)4/h5-8,12H,1-4H3,(H,15,16)(H,17,18)/b8-7+/t12-/m1/s1. The highest BCUT2D eigenvalue weighted by Crippen LogP contribution is 2.19. The fourth-order valence-electron chi connectivity index (χ4n) is 1.54. The van der Waals surface area contributed by atoms with Gasteiger partial charge in [-0.1, -0.05) is 20.8 Å². The minimum atomic E-state index is -1.05. The average molecular weight is 265 g/mol. The van der Waals surface area contributed by atoms with Crippen molar-refractivity contribution in [2.75, 3.05) is 0 Å². The van der Waals surface area contributed by atoms with Crippen molar-refractivity contribution in [1.29, 1.82) is 0 Å². The summed E-state index contributed by atoms with van der Waals surface area (Å²) in [6, 6.07) is 2.58. The van der Waals surface area contributed by atoms with Gasteiger partial charge in [-0.3, -0.25) is 4.79 Å². The van der Waals surface area contributed by atoms with Crippen LogP contribution in [0.5, 0.6) is 0 Å². The van der Waals surface area contributed by atoms with Crippen molar-refractivity contribution < 1.29 is 19.1 Å². The molecule has 0 spiro atoms. The normalized spacial score (nSPS) is 13.5. The van der Waals surface area contributed by atoms with Crippen LogP contribution < -0.4 is 5.32 Å². The van der Waals surface area contributed by atoms with Gasteiger partial charge in [0.15, 0.2) is 0 Å². The molecule has 2 N–H and O–H groups in total. The van der Waals surface area contributed by atoms with Gasteiger partial charge in [-0.2, -0.15) is 0 Å². The maximum Gasteiger partial charge on any atom is 0.326 e. The lowest BCUT2D eigenvalue weighted by atomic mass is 9.87. The Morgan fingerprint density at radius 2 is 2.00 bits per heavy atom. The average Bonchev–Trinajstić information content (AvgIpc) is 2.67. The van der Waals surface area contributed by atoms with Crippen molar-refractivity contribution in [2.45, 2.75) is 33.7 Å². The molecule has 0 aliphatic rings. The molecule has 0 unspecified atom stereocenters. The quantitative estimate of drug-likeness (QED) is 0.818. The van der Waals surface area contributed by atoms with Gasteiger partial charge in [0.2, 0.25) is 5.91 Å². The van der Waals surface area contributed by atoms with E-state index in [2.05, 4.69) is 5.32 Å². The van der Waals surface area contributed by atoms with Crippen LogP contribution in [0.1, 0.15) is 32.3 Å². The minimum Gasteiger partial charge on any atom is -0.480 e. The van der Waals surface area contributed by atoms with Crippen LogP contribution >= 0.6 is 0 Å². The summed E-state index contributed by atoms with van der Waals surface area (Å²) in [5.74, 6) is -0.215. The Morgan fingerprint density at radius 1 is 1.37 bits per heavy atom. The number of amides is 1. The number of carboxylic acids is 1. The molecular formula is C14H19NO4. The van der Waals surface area contributed by atoms with E-state index in [0.29, 0.717) is 5.76 Å². The molecule has 1 aromatic heterocycles. The van der Waals surface area contributed by atoms with Crippen LogP contribution in [0, 0.1) is 12.3 Å². The van der Waals surface area contributed by atoms with E-state index in [4.69, 9.17) is 9.52 Å². The molecule has 0 aliphatic carbocycles. The monoisotopic (exact) mass is 265 g/mol. The van der Waals surface area contributed by atoms with E-state index in [9.17, 15) is 9.59 Å². The molecule has 0 saturated carbocycles.